The predicted octanol–water partition coefficient (Wildman–Crippen LogP) is 5.80. The Morgan fingerprint density at radius 2 is 1.33 bits per heavy atom. The summed E-state index contributed by atoms with van der Waals surface area (Å²) in [5.41, 5.74) is 2.23. The van der Waals surface area contributed by atoms with Gasteiger partial charge in [0.1, 0.15) is 5.57 Å². The largest absolute Gasteiger partial charge is 0.493 e. The first kappa shape index (κ1) is 27.9. The van der Waals surface area contributed by atoms with Gasteiger partial charge in [0, 0.05) is 19.2 Å². The topological polar surface area (TPSA) is 76.2 Å². The molecule has 0 aromatic heterocycles. The molecule has 0 radical (unpaired) electrons. The Labute approximate surface area is 233 Å². The maximum Gasteiger partial charge on any atom is 0.333 e. The minimum absolute atomic E-state index is 0.134. The molecule has 0 aliphatic carbocycles. The van der Waals surface area contributed by atoms with Crippen LogP contribution < -0.4 is 9.47 Å². The summed E-state index contributed by atoms with van der Waals surface area (Å²) in [6.45, 7) is 2.74. The van der Waals surface area contributed by atoms with Crippen LogP contribution in [-0.2, 0) is 22.4 Å². The average Bonchev–Trinajstić information content (AvgIpc) is 2.96. The van der Waals surface area contributed by atoms with Crippen LogP contribution in [0.5, 0.6) is 11.5 Å². The molecule has 0 unspecified atom stereocenters. The van der Waals surface area contributed by atoms with Crippen LogP contribution in [0.2, 0.25) is 5.02 Å². The van der Waals surface area contributed by atoms with Crippen molar-refractivity contribution in [2.75, 3.05) is 26.8 Å². The lowest BCUT2D eigenvalue weighted by Gasteiger charge is -2.34. The fourth-order valence-electron chi connectivity index (χ4n) is 4.29. The predicted molar refractivity (Wildman–Crippen MR) is 151 cm³/mol. The lowest BCUT2D eigenvalue weighted by atomic mass is 10.0. The second kappa shape index (κ2) is 13.1. The van der Waals surface area contributed by atoms with E-state index in [0.29, 0.717) is 41.5 Å². The van der Waals surface area contributed by atoms with Gasteiger partial charge in [-0.2, -0.15) is 0 Å². The van der Waals surface area contributed by atoms with Crippen LogP contribution >= 0.6 is 11.6 Å². The molecule has 1 aliphatic heterocycles. The normalized spacial score (nSPS) is 13.6. The number of rotatable bonds is 11. The summed E-state index contributed by atoms with van der Waals surface area (Å²) < 4.78 is 11.2. The number of hydrogen-bond acceptors (Lipinski definition) is 5. The quantitative estimate of drug-likeness (QED) is 0.224. The number of hydrogen-bond donors (Lipinski definition) is 0. The van der Waals surface area contributed by atoms with E-state index in [-0.39, 0.29) is 18.7 Å². The molecule has 0 saturated carbocycles. The maximum atomic E-state index is 13.6. The minimum Gasteiger partial charge on any atom is -0.493 e. The molecule has 0 N–H and O–H groups in total. The zero-order valence-corrected chi connectivity index (χ0v) is 22.8. The number of nitrogens with zero attached hydrogens (tertiary/aromatic N) is 2. The number of halogens is 1. The molecular formula is C31H31ClN2O5. The molecule has 3 aromatic rings. The molecule has 1 fully saturated rings. The number of benzene rings is 3. The Kier molecular flexibility index (Phi) is 9.39. The molecule has 4 amide bonds. The molecular weight excluding hydrogens is 516 g/mol. The Balaban J connectivity index is 1.67. The molecule has 1 saturated heterocycles. The summed E-state index contributed by atoms with van der Waals surface area (Å²) in [5.74, 6) is -0.415. The van der Waals surface area contributed by atoms with E-state index in [1.807, 2.05) is 67.6 Å². The van der Waals surface area contributed by atoms with Crippen molar-refractivity contribution in [1.29, 1.82) is 0 Å². The Morgan fingerprint density at radius 3 is 1.82 bits per heavy atom. The molecule has 1 aliphatic rings. The van der Waals surface area contributed by atoms with Crippen molar-refractivity contribution >= 4 is 35.5 Å². The standard InChI is InChI=1S/C31H31ClN2O5/c1-3-18-39-28-21-26(32)24(20-27(28)38-2)19-25-29(35)33(16-14-22-10-6-4-7-11-22)31(37)34(30(25)36)17-15-23-12-8-5-9-13-23/h4-13,19-21H,3,14-18H2,1-2H3. The van der Waals surface area contributed by atoms with E-state index in [1.165, 1.54) is 13.2 Å². The van der Waals surface area contributed by atoms with Gasteiger partial charge in [-0.15, -0.1) is 0 Å². The highest BCUT2D eigenvalue weighted by Gasteiger charge is 2.41. The SMILES string of the molecule is CCCOc1cc(Cl)c(C=C2C(=O)N(CCc3ccccc3)C(=O)N(CCc3ccccc3)C2=O)cc1OC. The van der Waals surface area contributed by atoms with Gasteiger partial charge in [0.2, 0.25) is 0 Å². The third-order valence-corrected chi connectivity index (χ3v) is 6.72. The van der Waals surface area contributed by atoms with Gasteiger partial charge in [-0.25, -0.2) is 4.79 Å². The molecule has 202 valence electrons. The molecule has 1 heterocycles. The number of barbiturate groups is 1. The first-order valence-electron chi connectivity index (χ1n) is 12.9. The van der Waals surface area contributed by atoms with E-state index in [1.54, 1.807) is 12.1 Å². The highest BCUT2D eigenvalue weighted by molar-refractivity contribution is 6.34. The van der Waals surface area contributed by atoms with Crippen LogP contribution in [0.25, 0.3) is 6.08 Å². The maximum absolute atomic E-state index is 13.6. The summed E-state index contributed by atoms with van der Waals surface area (Å²) in [4.78, 5) is 42.8. The lowest BCUT2D eigenvalue weighted by molar-refractivity contribution is -0.135. The third-order valence-electron chi connectivity index (χ3n) is 6.39. The van der Waals surface area contributed by atoms with Gasteiger partial charge >= 0.3 is 6.03 Å². The first-order valence-corrected chi connectivity index (χ1v) is 13.3. The van der Waals surface area contributed by atoms with E-state index in [9.17, 15) is 14.4 Å². The summed E-state index contributed by atoms with van der Waals surface area (Å²) in [5, 5.41) is 0.290. The van der Waals surface area contributed by atoms with E-state index in [0.717, 1.165) is 27.3 Å². The van der Waals surface area contributed by atoms with Crippen LogP contribution in [0.3, 0.4) is 0 Å². The Hall–Kier alpha value is -4.10. The number of carbonyl (C=O) groups is 3. The fraction of sp³-hybridized carbons (Fsp3) is 0.258. The van der Waals surface area contributed by atoms with Gasteiger partial charge in [0.25, 0.3) is 11.8 Å². The van der Waals surface area contributed by atoms with Crippen molar-refractivity contribution in [1.82, 2.24) is 9.80 Å². The van der Waals surface area contributed by atoms with E-state index in [4.69, 9.17) is 21.1 Å². The third kappa shape index (κ3) is 6.67. The summed E-state index contributed by atoms with van der Waals surface area (Å²) in [7, 11) is 1.51. The van der Waals surface area contributed by atoms with Crippen LogP contribution in [-0.4, -0.2) is 54.5 Å². The number of urea groups is 1. The number of amides is 4. The number of ether oxygens (including phenoxy) is 2. The lowest BCUT2D eigenvalue weighted by Crippen LogP contribution is -2.57. The summed E-state index contributed by atoms with van der Waals surface area (Å²) >= 11 is 6.54. The van der Waals surface area contributed by atoms with Gasteiger partial charge in [0.05, 0.1) is 18.7 Å². The van der Waals surface area contributed by atoms with E-state index < -0.39 is 17.8 Å². The van der Waals surface area contributed by atoms with Gasteiger partial charge in [-0.3, -0.25) is 19.4 Å². The Morgan fingerprint density at radius 1 is 0.795 bits per heavy atom. The van der Waals surface area contributed by atoms with Crippen LogP contribution in [0.4, 0.5) is 4.79 Å². The highest BCUT2D eigenvalue weighted by atomic mass is 35.5. The first-order chi connectivity index (χ1) is 18.9. The van der Waals surface area contributed by atoms with Gasteiger partial charge in [-0.05, 0) is 48.1 Å². The smallest absolute Gasteiger partial charge is 0.333 e. The van der Waals surface area contributed by atoms with Gasteiger partial charge in [-0.1, -0.05) is 79.2 Å². The van der Waals surface area contributed by atoms with E-state index >= 15 is 0 Å². The van der Waals surface area contributed by atoms with Crippen molar-refractivity contribution in [2.45, 2.75) is 26.2 Å². The van der Waals surface area contributed by atoms with Crippen molar-refractivity contribution in [3.8, 4) is 11.5 Å². The second-order valence-corrected chi connectivity index (χ2v) is 9.51. The van der Waals surface area contributed by atoms with Crippen LogP contribution in [0, 0.1) is 0 Å². The van der Waals surface area contributed by atoms with Crippen molar-refractivity contribution in [2.24, 2.45) is 0 Å². The van der Waals surface area contributed by atoms with Crippen molar-refractivity contribution in [3.63, 3.8) is 0 Å². The molecule has 3 aromatic carbocycles. The monoisotopic (exact) mass is 546 g/mol. The van der Waals surface area contributed by atoms with Crippen LogP contribution in [0.15, 0.2) is 78.4 Å². The van der Waals surface area contributed by atoms with Gasteiger partial charge < -0.3 is 9.47 Å². The molecule has 7 nitrogen and oxygen atoms in total. The fourth-order valence-corrected chi connectivity index (χ4v) is 4.50. The van der Waals surface area contributed by atoms with E-state index in [2.05, 4.69) is 0 Å². The summed E-state index contributed by atoms with van der Waals surface area (Å²) in [6.07, 6.45) is 3.16. The van der Waals surface area contributed by atoms with Gasteiger partial charge in [0.15, 0.2) is 11.5 Å². The molecule has 4 rings (SSSR count). The average molecular weight is 547 g/mol. The van der Waals surface area contributed by atoms with Crippen molar-refractivity contribution in [3.05, 3.63) is 100 Å². The number of imide groups is 2. The Bertz CT molecular complexity index is 1290. The molecule has 8 heteroatoms. The number of methoxy groups -OCH3 is 1. The zero-order valence-electron chi connectivity index (χ0n) is 22.1. The molecule has 0 atom stereocenters. The number of carbonyl (C=O) groups excluding carboxylic acids is 3. The van der Waals surface area contributed by atoms with Crippen molar-refractivity contribution < 1.29 is 23.9 Å². The highest BCUT2D eigenvalue weighted by Crippen LogP contribution is 2.35. The zero-order chi connectivity index (χ0) is 27.8. The minimum atomic E-state index is -0.654. The molecule has 0 spiro atoms. The molecule has 0 bridgehead atoms. The second-order valence-electron chi connectivity index (χ2n) is 9.10. The van der Waals surface area contributed by atoms with Crippen LogP contribution in [0.1, 0.15) is 30.0 Å². The summed E-state index contributed by atoms with van der Waals surface area (Å²) in [6, 6.07) is 21.8. The molecule has 39 heavy (non-hydrogen) atoms.